The van der Waals surface area contributed by atoms with E-state index in [-0.39, 0.29) is 101 Å². The Morgan fingerprint density at radius 3 is 0.714 bits per heavy atom. The van der Waals surface area contributed by atoms with Gasteiger partial charge in [-0.25, -0.2) is 0 Å². The molecule has 0 saturated carbocycles. The predicted octanol–water partition coefficient (Wildman–Crippen LogP) is -6.03. The summed E-state index contributed by atoms with van der Waals surface area (Å²) in [6.07, 6.45) is 0. The van der Waals surface area contributed by atoms with Crippen LogP contribution in [0.25, 0.3) is 0 Å². The van der Waals surface area contributed by atoms with E-state index in [1.807, 2.05) is 0 Å². The SMILES string of the molecule is F.O.O.O.O.[H-].[K+].[Ti]. The average molecular weight is 180 g/mol. The van der Waals surface area contributed by atoms with Gasteiger partial charge in [0.15, 0.2) is 0 Å². The summed E-state index contributed by atoms with van der Waals surface area (Å²) < 4.78 is 0. The van der Waals surface area contributed by atoms with Crippen molar-refractivity contribution >= 4 is 0 Å². The second kappa shape index (κ2) is 91.6. The fourth-order valence-electron chi connectivity index (χ4n) is 0. The zero-order chi connectivity index (χ0) is 0. The number of hydrogen-bond donors (Lipinski definition) is 0. The minimum Gasteiger partial charge on any atom is -1.00 e. The van der Waals surface area contributed by atoms with Gasteiger partial charge in [-0.2, -0.15) is 0 Å². The number of rotatable bonds is 0. The van der Waals surface area contributed by atoms with Gasteiger partial charge < -0.3 is 23.3 Å². The summed E-state index contributed by atoms with van der Waals surface area (Å²) in [6.45, 7) is 0. The van der Waals surface area contributed by atoms with Crippen LogP contribution < -0.4 is 51.4 Å². The quantitative estimate of drug-likeness (QED) is 0.329. The molecule has 0 rings (SSSR count). The molecule has 0 aliphatic rings. The molecular formula is H10FKO4Ti. The Morgan fingerprint density at radius 1 is 0.714 bits per heavy atom. The fourth-order valence-corrected chi connectivity index (χ4v) is 0. The second-order valence-electron chi connectivity index (χ2n) is 0. The van der Waals surface area contributed by atoms with Crippen molar-refractivity contribution < 1.29 is 101 Å². The summed E-state index contributed by atoms with van der Waals surface area (Å²) in [7, 11) is 0. The van der Waals surface area contributed by atoms with Crippen LogP contribution in [0, 0.1) is 0 Å². The molecule has 0 aliphatic heterocycles. The van der Waals surface area contributed by atoms with Gasteiger partial charge in [-0.15, -0.1) is 0 Å². The summed E-state index contributed by atoms with van der Waals surface area (Å²) in [6, 6.07) is 0. The first-order valence-corrected chi connectivity index (χ1v) is 0. The maximum Gasteiger partial charge on any atom is 1.00 e. The molecule has 0 saturated heterocycles. The molecule has 0 aromatic carbocycles. The maximum absolute atomic E-state index is 0. The summed E-state index contributed by atoms with van der Waals surface area (Å²) in [5.74, 6) is 0. The van der Waals surface area contributed by atoms with Gasteiger partial charge in [0, 0.05) is 21.7 Å². The first kappa shape index (κ1) is 134. The Labute approximate surface area is 99.4 Å². The Hall–Kier alpha value is 2.12. The molecule has 0 fully saturated rings. The Kier molecular flexibility index (Phi) is 1750. The molecule has 46 valence electrons. The summed E-state index contributed by atoms with van der Waals surface area (Å²) in [5.41, 5.74) is 0. The van der Waals surface area contributed by atoms with Gasteiger partial charge in [-0.05, 0) is 0 Å². The molecule has 0 aromatic heterocycles. The summed E-state index contributed by atoms with van der Waals surface area (Å²) in [4.78, 5) is 0. The normalized spacial score (nSPS) is 0. The van der Waals surface area contributed by atoms with Gasteiger partial charge in [0.2, 0.25) is 0 Å². The molecule has 7 heavy (non-hydrogen) atoms. The largest absolute Gasteiger partial charge is 1.00 e. The molecule has 0 spiro atoms. The monoisotopic (exact) mass is 180 g/mol. The van der Waals surface area contributed by atoms with Crippen LogP contribution >= 0.6 is 0 Å². The van der Waals surface area contributed by atoms with E-state index < -0.39 is 0 Å². The van der Waals surface area contributed by atoms with Gasteiger partial charge in [-0.3, -0.25) is 4.70 Å². The van der Waals surface area contributed by atoms with Crippen molar-refractivity contribution in [2.75, 3.05) is 0 Å². The molecule has 7 heteroatoms. The van der Waals surface area contributed by atoms with E-state index in [2.05, 4.69) is 0 Å². The molecule has 0 heterocycles. The predicted molar refractivity (Wildman–Crippen MR) is 18.1 cm³/mol. The number of hydrogen-bond acceptors (Lipinski definition) is 0. The molecule has 0 radical (unpaired) electrons. The minimum atomic E-state index is 0. The van der Waals surface area contributed by atoms with E-state index in [4.69, 9.17) is 0 Å². The van der Waals surface area contributed by atoms with Crippen LogP contribution in [0.15, 0.2) is 0 Å². The molecule has 0 aliphatic carbocycles. The molecule has 0 aromatic rings. The topological polar surface area (TPSA) is 126 Å². The van der Waals surface area contributed by atoms with E-state index in [0.717, 1.165) is 0 Å². The fraction of sp³-hybridized carbons (Fsp3) is 0. The van der Waals surface area contributed by atoms with E-state index >= 15 is 0 Å². The third-order valence-corrected chi connectivity index (χ3v) is 0. The van der Waals surface area contributed by atoms with Crippen LogP contribution in [0.4, 0.5) is 4.70 Å². The van der Waals surface area contributed by atoms with Crippen LogP contribution in [0.1, 0.15) is 1.43 Å². The minimum absolute atomic E-state index is 0. The van der Waals surface area contributed by atoms with Crippen molar-refractivity contribution in [1.82, 2.24) is 0 Å². The van der Waals surface area contributed by atoms with Gasteiger partial charge >= 0.3 is 51.4 Å². The van der Waals surface area contributed by atoms with Gasteiger partial charge in [0.05, 0.1) is 0 Å². The van der Waals surface area contributed by atoms with Crippen molar-refractivity contribution in [3.63, 3.8) is 0 Å². The van der Waals surface area contributed by atoms with Gasteiger partial charge in [0.1, 0.15) is 0 Å². The Morgan fingerprint density at radius 2 is 0.714 bits per heavy atom. The zero-order valence-electron chi connectivity index (χ0n) is 4.91. The van der Waals surface area contributed by atoms with Crippen LogP contribution in [0.2, 0.25) is 0 Å². The Balaban J connectivity index is 0. The molecule has 0 atom stereocenters. The first-order chi connectivity index (χ1) is 0. The molecule has 0 amide bonds. The van der Waals surface area contributed by atoms with Crippen molar-refractivity contribution in [2.24, 2.45) is 0 Å². The molecule has 0 unspecified atom stereocenters. The van der Waals surface area contributed by atoms with Crippen LogP contribution in [0.3, 0.4) is 0 Å². The third-order valence-electron chi connectivity index (χ3n) is 0. The van der Waals surface area contributed by atoms with Gasteiger partial charge in [-0.1, -0.05) is 0 Å². The van der Waals surface area contributed by atoms with Crippen molar-refractivity contribution in [1.29, 1.82) is 0 Å². The summed E-state index contributed by atoms with van der Waals surface area (Å²) in [5, 5.41) is 0. The third kappa shape index (κ3) is 67.6. The van der Waals surface area contributed by atoms with Crippen molar-refractivity contribution in [3.05, 3.63) is 0 Å². The van der Waals surface area contributed by atoms with Crippen molar-refractivity contribution in [2.45, 2.75) is 0 Å². The van der Waals surface area contributed by atoms with Crippen molar-refractivity contribution in [3.8, 4) is 0 Å². The number of halogens is 1. The van der Waals surface area contributed by atoms with Crippen LogP contribution in [-0.4, -0.2) is 21.9 Å². The van der Waals surface area contributed by atoms with Gasteiger partial charge in [0.25, 0.3) is 0 Å². The van der Waals surface area contributed by atoms with E-state index in [9.17, 15) is 0 Å². The second-order valence-corrected chi connectivity index (χ2v) is 0. The molecule has 4 nitrogen and oxygen atoms in total. The molecular weight excluding hydrogens is 170 g/mol. The average Bonchev–Trinajstić information content (AvgIpc) is 0. The Bertz CT molecular complexity index is 16.0. The summed E-state index contributed by atoms with van der Waals surface area (Å²) >= 11 is 0. The molecule has 0 bridgehead atoms. The smallest absolute Gasteiger partial charge is 1.00 e. The van der Waals surface area contributed by atoms with Crippen LogP contribution in [-0.2, 0) is 21.7 Å². The maximum atomic E-state index is 0. The van der Waals surface area contributed by atoms with E-state index in [1.165, 1.54) is 0 Å². The van der Waals surface area contributed by atoms with E-state index in [0.29, 0.717) is 0 Å². The first-order valence-electron chi connectivity index (χ1n) is 0. The molecule has 8 N–H and O–H groups in total. The van der Waals surface area contributed by atoms with Crippen LogP contribution in [0.5, 0.6) is 0 Å². The standard InChI is InChI=1S/FH.K.4H2O.Ti.H/h1H;;4*1H2;;/q;+1;;;;;;-1. The van der Waals surface area contributed by atoms with E-state index in [1.54, 1.807) is 0 Å². The zero-order valence-corrected chi connectivity index (χ0v) is 8.59.